The molecule has 0 radical (unpaired) electrons. The van der Waals surface area contributed by atoms with Gasteiger partial charge < -0.3 is 19.5 Å². The first-order valence-electron chi connectivity index (χ1n) is 8.70. The van der Waals surface area contributed by atoms with Crippen LogP contribution in [-0.4, -0.2) is 20.1 Å². The Hall–Kier alpha value is -2.89. The van der Waals surface area contributed by atoms with E-state index in [-0.39, 0.29) is 12.5 Å². The minimum atomic E-state index is -0.317. The minimum Gasteiger partial charge on any atom is -0.497 e. The van der Waals surface area contributed by atoms with Crippen molar-refractivity contribution >= 4 is 34.8 Å². The maximum absolute atomic E-state index is 12.7. The largest absolute Gasteiger partial charge is 0.497 e. The maximum Gasteiger partial charge on any atom is 0.255 e. The first-order valence-corrected chi connectivity index (χ1v) is 9.46. The summed E-state index contributed by atoms with van der Waals surface area (Å²) in [5, 5.41) is 3.65. The summed E-state index contributed by atoms with van der Waals surface area (Å²) in [6, 6.07) is 17.2. The molecule has 0 aromatic heterocycles. The van der Waals surface area contributed by atoms with E-state index in [1.54, 1.807) is 50.6 Å². The third-order valence-corrected chi connectivity index (χ3v) is 4.74. The van der Waals surface area contributed by atoms with Gasteiger partial charge in [0.2, 0.25) is 0 Å². The normalized spacial score (nSPS) is 10.3. The van der Waals surface area contributed by atoms with Crippen molar-refractivity contribution in [3.63, 3.8) is 0 Å². The molecule has 150 valence electrons. The van der Waals surface area contributed by atoms with Crippen LogP contribution >= 0.6 is 23.2 Å². The van der Waals surface area contributed by atoms with Crippen molar-refractivity contribution in [1.82, 2.24) is 0 Å². The molecule has 0 saturated carbocycles. The number of hydrogen-bond acceptors (Lipinski definition) is 4. The van der Waals surface area contributed by atoms with Crippen molar-refractivity contribution in [2.45, 2.75) is 6.61 Å². The van der Waals surface area contributed by atoms with Crippen LogP contribution in [0.4, 0.5) is 5.69 Å². The third-order valence-electron chi connectivity index (χ3n) is 4.17. The van der Waals surface area contributed by atoms with E-state index in [9.17, 15) is 4.79 Å². The second kappa shape index (κ2) is 9.54. The van der Waals surface area contributed by atoms with Crippen LogP contribution in [0.5, 0.6) is 17.2 Å². The Morgan fingerprint density at radius 3 is 2.31 bits per heavy atom. The van der Waals surface area contributed by atoms with E-state index in [1.807, 2.05) is 24.3 Å². The number of rotatable bonds is 7. The van der Waals surface area contributed by atoms with Crippen molar-refractivity contribution in [3.8, 4) is 17.2 Å². The molecule has 0 atom stereocenters. The highest BCUT2D eigenvalue weighted by molar-refractivity contribution is 6.35. The van der Waals surface area contributed by atoms with E-state index in [0.717, 1.165) is 11.3 Å². The maximum atomic E-state index is 12.7. The van der Waals surface area contributed by atoms with Gasteiger partial charge in [0.05, 0.1) is 24.9 Å². The molecule has 3 aromatic rings. The summed E-state index contributed by atoms with van der Waals surface area (Å²) < 4.78 is 16.3. The fourth-order valence-corrected chi connectivity index (χ4v) is 2.99. The van der Waals surface area contributed by atoms with E-state index in [4.69, 9.17) is 37.4 Å². The molecule has 0 aliphatic carbocycles. The zero-order valence-electron chi connectivity index (χ0n) is 15.9. The van der Waals surface area contributed by atoms with E-state index in [1.165, 1.54) is 0 Å². The third kappa shape index (κ3) is 5.34. The molecule has 1 amide bonds. The van der Waals surface area contributed by atoms with Gasteiger partial charge in [0, 0.05) is 16.1 Å². The molecule has 0 bridgehead atoms. The van der Waals surface area contributed by atoms with Gasteiger partial charge in [0.1, 0.15) is 23.9 Å². The molecule has 3 aromatic carbocycles. The predicted octanol–water partition coefficient (Wildman–Crippen LogP) is 5.84. The van der Waals surface area contributed by atoms with Gasteiger partial charge in [-0.05, 0) is 60.7 Å². The molecule has 1 N–H and O–H groups in total. The lowest BCUT2D eigenvalue weighted by atomic mass is 10.1. The second-order valence-electron chi connectivity index (χ2n) is 6.07. The quantitative estimate of drug-likeness (QED) is 0.510. The van der Waals surface area contributed by atoms with Crippen LogP contribution in [0.2, 0.25) is 10.0 Å². The molecule has 0 spiro atoms. The van der Waals surface area contributed by atoms with E-state index in [2.05, 4.69) is 5.32 Å². The predicted molar refractivity (Wildman–Crippen MR) is 115 cm³/mol. The van der Waals surface area contributed by atoms with Crippen molar-refractivity contribution in [1.29, 1.82) is 0 Å². The molecule has 0 heterocycles. The molecule has 29 heavy (non-hydrogen) atoms. The molecule has 0 saturated heterocycles. The number of hydrogen-bond donors (Lipinski definition) is 1. The Balaban J connectivity index is 1.76. The molecular formula is C22H19Cl2NO4. The SMILES string of the molecule is COc1ccc(OCc2cc(C(=O)Nc3cc(Cl)ccc3Cl)ccc2OC)cc1. The van der Waals surface area contributed by atoms with Gasteiger partial charge in [0.15, 0.2) is 0 Å². The number of halogens is 2. The van der Waals surface area contributed by atoms with Crippen LogP contribution in [0, 0.1) is 0 Å². The topological polar surface area (TPSA) is 56.8 Å². The number of anilines is 1. The molecular weight excluding hydrogens is 413 g/mol. The van der Waals surface area contributed by atoms with E-state index in [0.29, 0.717) is 32.8 Å². The van der Waals surface area contributed by atoms with Gasteiger partial charge >= 0.3 is 0 Å². The molecule has 3 rings (SSSR count). The molecule has 0 unspecified atom stereocenters. The number of benzene rings is 3. The zero-order chi connectivity index (χ0) is 20.8. The van der Waals surface area contributed by atoms with Crippen LogP contribution in [0.1, 0.15) is 15.9 Å². The monoisotopic (exact) mass is 431 g/mol. The standard InChI is InChI=1S/C22H19Cl2NO4/c1-27-17-5-7-18(8-6-17)29-13-15-11-14(3-10-21(15)28-2)22(26)25-20-12-16(23)4-9-19(20)24/h3-12H,13H2,1-2H3,(H,25,26). The number of nitrogens with one attached hydrogen (secondary N) is 1. The van der Waals surface area contributed by atoms with Gasteiger partial charge in [-0.3, -0.25) is 4.79 Å². The number of carbonyl (C=O) groups is 1. The van der Waals surface area contributed by atoms with E-state index < -0.39 is 0 Å². The highest BCUT2D eigenvalue weighted by Crippen LogP contribution is 2.27. The summed E-state index contributed by atoms with van der Waals surface area (Å²) in [7, 11) is 3.17. The Morgan fingerprint density at radius 2 is 1.62 bits per heavy atom. The lowest BCUT2D eigenvalue weighted by molar-refractivity contribution is 0.102. The lowest BCUT2D eigenvalue weighted by Gasteiger charge is -2.13. The van der Waals surface area contributed by atoms with E-state index >= 15 is 0 Å². The first kappa shape index (κ1) is 20.8. The number of amides is 1. The molecule has 5 nitrogen and oxygen atoms in total. The highest BCUT2D eigenvalue weighted by Gasteiger charge is 2.13. The van der Waals surface area contributed by atoms with Crippen LogP contribution in [0.3, 0.4) is 0 Å². The van der Waals surface area contributed by atoms with Crippen molar-refractivity contribution in [2.75, 3.05) is 19.5 Å². The fourth-order valence-electron chi connectivity index (χ4n) is 2.65. The van der Waals surface area contributed by atoms with Crippen LogP contribution in [-0.2, 0) is 6.61 Å². The van der Waals surface area contributed by atoms with Gasteiger partial charge in [0.25, 0.3) is 5.91 Å². The van der Waals surface area contributed by atoms with Gasteiger partial charge in [-0.1, -0.05) is 23.2 Å². The van der Waals surface area contributed by atoms with Gasteiger partial charge in [-0.2, -0.15) is 0 Å². The van der Waals surface area contributed by atoms with Crippen LogP contribution in [0.25, 0.3) is 0 Å². The molecule has 0 aliphatic heterocycles. The number of carbonyl (C=O) groups excluding carboxylic acids is 1. The smallest absolute Gasteiger partial charge is 0.255 e. The number of methoxy groups -OCH3 is 2. The first-order chi connectivity index (χ1) is 14.0. The summed E-state index contributed by atoms with van der Waals surface area (Å²) in [6.45, 7) is 0.231. The van der Waals surface area contributed by atoms with Crippen molar-refractivity contribution < 1.29 is 19.0 Å². The summed E-state index contributed by atoms with van der Waals surface area (Å²) in [5.41, 5.74) is 1.61. The Bertz CT molecular complexity index is 1010. The molecule has 7 heteroatoms. The van der Waals surface area contributed by atoms with Gasteiger partial charge in [-0.15, -0.1) is 0 Å². The fraction of sp³-hybridized carbons (Fsp3) is 0.136. The van der Waals surface area contributed by atoms with Crippen LogP contribution in [0.15, 0.2) is 60.7 Å². The summed E-state index contributed by atoms with van der Waals surface area (Å²) in [5.74, 6) is 1.72. The average molecular weight is 432 g/mol. The van der Waals surface area contributed by atoms with Crippen molar-refractivity contribution in [2.24, 2.45) is 0 Å². The Labute approximate surface area is 179 Å². The van der Waals surface area contributed by atoms with Crippen molar-refractivity contribution in [3.05, 3.63) is 81.8 Å². The average Bonchev–Trinajstić information content (AvgIpc) is 2.75. The highest BCUT2D eigenvalue weighted by atomic mass is 35.5. The van der Waals surface area contributed by atoms with Crippen LogP contribution < -0.4 is 19.5 Å². The lowest BCUT2D eigenvalue weighted by Crippen LogP contribution is -2.13. The van der Waals surface area contributed by atoms with Gasteiger partial charge in [-0.25, -0.2) is 0 Å². The zero-order valence-corrected chi connectivity index (χ0v) is 17.4. The minimum absolute atomic E-state index is 0.231. The summed E-state index contributed by atoms with van der Waals surface area (Å²) in [4.78, 5) is 12.7. The molecule has 0 fully saturated rings. The number of ether oxygens (including phenoxy) is 3. The second-order valence-corrected chi connectivity index (χ2v) is 6.91. The molecule has 0 aliphatic rings. The Kier molecular flexibility index (Phi) is 6.86. The summed E-state index contributed by atoms with van der Waals surface area (Å²) >= 11 is 12.1. The Morgan fingerprint density at radius 1 is 0.897 bits per heavy atom. The summed E-state index contributed by atoms with van der Waals surface area (Å²) in [6.07, 6.45) is 0.